The second-order valence-corrected chi connectivity index (χ2v) is 5.07. The Kier molecular flexibility index (Phi) is 4.46. The smallest absolute Gasteiger partial charge is 0.256 e. The van der Waals surface area contributed by atoms with Crippen LogP contribution in [0, 0.1) is 12.7 Å². The van der Waals surface area contributed by atoms with Crippen molar-refractivity contribution < 1.29 is 14.3 Å². The average Bonchev–Trinajstić information content (AvgIpc) is 2.27. The minimum absolute atomic E-state index is 0.0566. The number of carbonyl (C=O) groups is 1. The van der Waals surface area contributed by atoms with Gasteiger partial charge in [0, 0.05) is 13.1 Å². The normalized spacial score (nSPS) is 11.4. The molecule has 1 rings (SSSR count). The molecule has 0 radical (unpaired) electrons. The van der Waals surface area contributed by atoms with Gasteiger partial charge in [-0.05, 0) is 39.3 Å². The number of carbonyl (C=O) groups excluding carboxylic acids is 1. The summed E-state index contributed by atoms with van der Waals surface area (Å²) < 4.78 is 13.9. The molecular formula is C14H20FNO2. The molecule has 0 heterocycles. The maximum atomic E-state index is 13.9. The van der Waals surface area contributed by atoms with Crippen LogP contribution < -0.4 is 0 Å². The fourth-order valence-corrected chi connectivity index (χ4v) is 1.78. The first kappa shape index (κ1) is 14.6. The van der Waals surface area contributed by atoms with Crippen LogP contribution in [0.2, 0.25) is 0 Å². The molecule has 4 heteroatoms. The van der Waals surface area contributed by atoms with Crippen molar-refractivity contribution in [3.05, 3.63) is 35.1 Å². The van der Waals surface area contributed by atoms with Crippen molar-refractivity contribution in [2.24, 2.45) is 0 Å². The van der Waals surface area contributed by atoms with Crippen molar-refractivity contribution in [1.29, 1.82) is 0 Å². The standard InChI is InChI=1S/C14H20FNO2/c1-5-16(9-14(3,4)18)13(17)11-8-6-7-10(2)12(11)15/h6-8,18H,5,9H2,1-4H3. The predicted molar refractivity (Wildman–Crippen MR) is 69.0 cm³/mol. The van der Waals surface area contributed by atoms with Crippen LogP contribution in [0.25, 0.3) is 0 Å². The fraction of sp³-hybridized carbons (Fsp3) is 0.500. The summed E-state index contributed by atoms with van der Waals surface area (Å²) in [6.45, 7) is 7.27. The van der Waals surface area contributed by atoms with Crippen molar-refractivity contribution in [3.8, 4) is 0 Å². The monoisotopic (exact) mass is 253 g/mol. The summed E-state index contributed by atoms with van der Waals surface area (Å²) in [6.07, 6.45) is 0. The average molecular weight is 253 g/mol. The van der Waals surface area contributed by atoms with Crippen molar-refractivity contribution in [3.63, 3.8) is 0 Å². The van der Waals surface area contributed by atoms with Gasteiger partial charge in [-0.3, -0.25) is 4.79 Å². The van der Waals surface area contributed by atoms with Gasteiger partial charge < -0.3 is 10.0 Å². The lowest BCUT2D eigenvalue weighted by Gasteiger charge is -2.28. The summed E-state index contributed by atoms with van der Waals surface area (Å²) in [5.74, 6) is -0.877. The number of aliphatic hydroxyl groups is 1. The minimum atomic E-state index is -0.994. The van der Waals surface area contributed by atoms with Gasteiger partial charge in [0.25, 0.3) is 5.91 Å². The SMILES string of the molecule is CCN(CC(C)(C)O)C(=O)c1cccc(C)c1F. The maximum Gasteiger partial charge on any atom is 0.256 e. The Bertz CT molecular complexity index is 438. The molecule has 3 nitrogen and oxygen atoms in total. The van der Waals surface area contributed by atoms with Gasteiger partial charge in [0.15, 0.2) is 0 Å². The summed E-state index contributed by atoms with van der Waals surface area (Å²) in [6, 6.07) is 4.75. The molecule has 0 spiro atoms. The molecule has 0 fully saturated rings. The van der Waals surface area contributed by atoms with Gasteiger partial charge >= 0.3 is 0 Å². The third kappa shape index (κ3) is 3.53. The fourth-order valence-electron chi connectivity index (χ4n) is 1.78. The van der Waals surface area contributed by atoms with Gasteiger partial charge in [0.05, 0.1) is 11.2 Å². The molecular weight excluding hydrogens is 233 g/mol. The van der Waals surface area contributed by atoms with Crippen LogP contribution in [-0.4, -0.2) is 34.6 Å². The van der Waals surface area contributed by atoms with E-state index in [2.05, 4.69) is 0 Å². The molecule has 0 aliphatic carbocycles. The lowest BCUT2D eigenvalue weighted by atomic mass is 10.1. The van der Waals surface area contributed by atoms with Gasteiger partial charge in [0.2, 0.25) is 0 Å². The zero-order chi connectivity index (χ0) is 13.9. The highest BCUT2D eigenvalue weighted by Gasteiger charge is 2.24. The van der Waals surface area contributed by atoms with Crippen molar-refractivity contribution in [1.82, 2.24) is 4.90 Å². The largest absolute Gasteiger partial charge is 0.389 e. The Hall–Kier alpha value is -1.42. The molecule has 0 atom stereocenters. The number of hydrogen-bond acceptors (Lipinski definition) is 2. The quantitative estimate of drug-likeness (QED) is 0.895. The summed E-state index contributed by atoms with van der Waals surface area (Å²) in [5, 5.41) is 9.75. The molecule has 0 aromatic heterocycles. The second kappa shape index (κ2) is 5.48. The van der Waals surface area contributed by atoms with E-state index < -0.39 is 11.4 Å². The summed E-state index contributed by atoms with van der Waals surface area (Å²) in [7, 11) is 0. The molecule has 1 aromatic carbocycles. The van der Waals surface area contributed by atoms with Crippen LogP contribution in [0.4, 0.5) is 4.39 Å². The summed E-state index contributed by atoms with van der Waals surface area (Å²) >= 11 is 0. The molecule has 100 valence electrons. The highest BCUT2D eigenvalue weighted by molar-refractivity contribution is 5.94. The number of nitrogens with zero attached hydrogens (tertiary/aromatic N) is 1. The molecule has 0 saturated heterocycles. The first-order chi connectivity index (χ1) is 8.26. The van der Waals surface area contributed by atoms with E-state index in [-0.39, 0.29) is 18.0 Å². The molecule has 1 aromatic rings. The van der Waals surface area contributed by atoms with Crippen LogP contribution >= 0.6 is 0 Å². The van der Waals surface area contributed by atoms with E-state index in [0.29, 0.717) is 12.1 Å². The molecule has 18 heavy (non-hydrogen) atoms. The minimum Gasteiger partial charge on any atom is -0.389 e. The van der Waals surface area contributed by atoms with E-state index in [1.807, 2.05) is 0 Å². The lowest BCUT2D eigenvalue weighted by Crippen LogP contribution is -2.42. The molecule has 1 amide bonds. The third-order valence-electron chi connectivity index (χ3n) is 2.67. The predicted octanol–water partition coefficient (Wildman–Crippen LogP) is 2.37. The van der Waals surface area contributed by atoms with Crippen molar-refractivity contribution in [2.45, 2.75) is 33.3 Å². The Morgan fingerprint density at radius 2 is 2.06 bits per heavy atom. The topological polar surface area (TPSA) is 40.5 Å². The first-order valence-corrected chi connectivity index (χ1v) is 6.03. The third-order valence-corrected chi connectivity index (χ3v) is 2.67. The Morgan fingerprint density at radius 1 is 1.44 bits per heavy atom. The Labute approximate surface area is 107 Å². The summed E-state index contributed by atoms with van der Waals surface area (Å²) in [5.41, 5.74) is -0.493. The zero-order valence-electron chi connectivity index (χ0n) is 11.3. The number of halogens is 1. The van der Waals surface area contributed by atoms with Crippen molar-refractivity contribution in [2.75, 3.05) is 13.1 Å². The highest BCUT2D eigenvalue weighted by atomic mass is 19.1. The number of likely N-dealkylation sites (N-methyl/N-ethyl adjacent to an activating group) is 1. The number of amides is 1. The number of aryl methyl sites for hydroxylation is 1. The van der Waals surface area contributed by atoms with Crippen LogP contribution in [0.5, 0.6) is 0 Å². The molecule has 0 aliphatic rings. The van der Waals surface area contributed by atoms with E-state index in [4.69, 9.17) is 0 Å². The molecule has 0 saturated carbocycles. The van der Waals surface area contributed by atoms with Crippen LogP contribution in [0.15, 0.2) is 18.2 Å². The Morgan fingerprint density at radius 3 is 2.56 bits per heavy atom. The van der Waals surface area contributed by atoms with E-state index in [1.165, 1.54) is 11.0 Å². The highest BCUT2D eigenvalue weighted by Crippen LogP contribution is 2.16. The van der Waals surface area contributed by atoms with Crippen LogP contribution in [0.3, 0.4) is 0 Å². The van der Waals surface area contributed by atoms with E-state index >= 15 is 0 Å². The summed E-state index contributed by atoms with van der Waals surface area (Å²) in [4.78, 5) is 13.6. The van der Waals surface area contributed by atoms with Crippen LogP contribution in [-0.2, 0) is 0 Å². The van der Waals surface area contributed by atoms with Gasteiger partial charge in [-0.15, -0.1) is 0 Å². The maximum absolute atomic E-state index is 13.9. The second-order valence-electron chi connectivity index (χ2n) is 5.07. The van der Waals surface area contributed by atoms with Gasteiger partial charge in [-0.2, -0.15) is 0 Å². The first-order valence-electron chi connectivity index (χ1n) is 6.03. The molecule has 0 aliphatic heterocycles. The zero-order valence-corrected chi connectivity index (χ0v) is 11.3. The molecule has 0 bridgehead atoms. The van der Waals surface area contributed by atoms with Gasteiger partial charge in [-0.25, -0.2) is 4.39 Å². The van der Waals surface area contributed by atoms with E-state index in [9.17, 15) is 14.3 Å². The number of hydrogen-bond donors (Lipinski definition) is 1. The van der Waals surface area contributed by atoms with Crippen LogP contribution in [0.1, 0.15) is 36.7 Å². The number of benzene rings is 1. The van der Waals surface area contributed by atoms with Crippen molar-refractivity contribution >= 4 is 5.91 Å². The Balaban J connectivity index is 3.01. The van der Waals surface area contributed by atoms with E-state index in [1.54, 1.807) is 39.8 Å². The molecule has 1 N–H and O–H groups in total. The number of rotatable bonds is 4. The van der Waals surface area contributed by atoms with Gasteiger partial charge in [-0.1, -0.05) is 12.1 Å². The van der Waals surface area contributed by atoms with E-state index in [0.717, 1.165) is 0 Å². The lowest BCUT2D eigenvalue weighted by molar-refractivity contribution is 0.0312. The van der Waals surface area contributed by atoms with Gasteiger partial charge in [0.1, 0.15) is 5.82 Å². The molecule has 0 unspecified atom stereocenters.